The quantitative estimate of drug-likeness (QED) is 0.0747. The number of carboxylic acid groups (broad SMARTS) is 1. The normalized spacial score (nSPS) is 18.4. The minimum atomic E-state index is -1.65. The average molecular weight is 581 g/mol. The summed E-state index contributed by atoms with van der Waals surface area (Å²) in [5, 5.41) is 36.1. The minimum Gasteiger partial charge on any atom is -0.478 e. The van der Waals surface area contributed by atoms with Crippen molar-refractivity contribution in [2.45, 2.75) is 44.1 Å². The van der Waals surface area contributed by atoms with Gasteiger partial charge in [-0.25, -0.2) is 9.79 Å². The molecule has 222 valence electrons. The number of benzene rings is 2. The van der Waals surface area contributed by atoms with E-state index in [1.807, 2.05) is 0 Å². The highest BCUT2D eigenvalue weighted by Gasteiger charge is 2.35. The number of aliphatic hydroxyl groups is 1. The number of para-hydroxylation sites is 1. The molecule has 2 aliphatic rings. The Morgan fingerprint density at radius 3 is 2.31 bits per heavy atom. The van der Waals surface area contributed by atoms with Crippen LogP contribution in [0.25, 0.3) is 0 Å². The van der Waals surface area contributed by atoms with Crippen LogP contribution in [0.1, 0.15) is 47.2 Å². The standard InChI is InChI=1S/C28H32N6O8/c1-15(30-24(36)17-8-6-16(7-9-17)23(29)33-41)27(38)34-12-10-18(11-13-34)42-26(28(39)40)32-25(37)22-20(14-35)19-4-2-3-5-21(19)31-22/h2-9,15,18,20,26,35,41H,10-14H2,1H3,(H2,29,33)(H,30,36)(H,32,37)(H,39,40)/t15?,20?,26-/m0/s1. The van der Waals surface area contributed by atoms with E-state index in [9.17, 15) is 29.4 Å². The maximum absolute atomic E-state index is 13.0. The molecular formula is C28H32N6O8. The van der Waals surface area contributed by atoms with E-state index in [2.05, 4.69) is 20.8 Å². The van der Waals surface area contributed by atoms with Crippen LogP contribution < -0.4 is 16.4 Å². The summed E-state index contributed by atoms with van der Waals surface area (Å²) in [6.07, 6.45) is -1.58. The molecule has 42 heavy (non-hydrogen) atoms. The molecule has 3 atom stereocenters. The summed E-state index contributed by atoms with van der Waals surface area (Å²) >= 11 is 0. The summed E-state index contributed by atoms with van der Waals surface area (Å²) in [6.45, 7) is 1.71. The number of nitrogens with one attached hydrogen (secondary N) is 2. The third-order valence-electron chi connectivity index (χ3n) is 7.14. The van der Waals surface area contributed by atoms with Gasteiger partial charge in [0.15, 0.2) is 5.84 Å². The Morgan fingerprint density at radius 1 is 1.05 bits per heavy atom. The zero-order chi connectivity index (χ0) is 30.4. The number of likely N-dealkylation sites (tertiary alicyclic amines) is 1. The van der Waals surface area contributed by atoms with Gasteiger partial charge in [0, 0.05) is 24.2 Å². The molecule has 4 rings (SSSR count). The highest BCUT2D eigenvalue weighted by molar-refractivity contribution is 6.42. The predicted octanol–water partition coefficient (Wildman–Crippen LogP) is 0.296. The van der Waals surface area contributed by atoms with Crippen LogP contribution in [0, 0.1) is 0 Å². The first kappa shape index (κ1) is 30.1. The maximum Gasteiger partial charge on any atom is 0.354 e. The number of aliphatic hydroxyl groups excluding tert-OH is 1. The van der Waals surface area contributed by atoms with Gasteiger partial charge in [0.25, 0.3) is 11.8 Å². The molecule has 0 aliphatic carbocycles. The summed E-state index contributed by atoms with van der Waals surface area (Å²) in [7, 11) is 0. The number of aliphatic carboxylic acids is 1. The van der Waals surface area contributed by atoms with Gasteiger partial charge in [-0.1, -0.05) is 35.5 Å². The zero-order valence-electron chi connectivity index (χ0n) is 22.8. The number of rotatable bonds is 10. The number of hydrogen-bond donors (Lipinski definition) is 6. The maximum atomic E-state index is 13.0. The van der Waals surface area contributed by atoms with Crippen LogP contribution >= 0.6 is 0 Å². The van der Waals surface area contributed by atoms with E-state index in [0.717, 1.165) is 0 Å². The molecule has 0 spiro atoms. The Morgan fingerprint density at radius 2 is 1.69 bits per heavy atom. The summed E-state index contributed by atoms with van der Waals surface area (Å²) in [5.74, 6) is -3.71. The number of carbonyl (C=O) groups is 4. The largest absolute Gasteiger partial charge is 0.478 e. The molecular weight excluding hydrogens is 548 g/mol. The number of amides is 3. The highest BCUT2D eigenvalue weighted by Crippen LogP contribution is 2.35. The fourth-order valence-electron chi connectivity index (χ4n) is 4.85. The number of carboxylic acids is 1. The number of oxime groups is 1. The highest BCUT2D eigenvalue weighted by atomic mass is 16.5. The number of ether oxygens (including phenoxy) is 1. The molecule has 7 N–H and O–H groups in total. The molecule has 1 fully saturated rings. The first-order valence-corrected chi connectivity index (χ1v) is 13.3. The van der Waals surface area contributed by atoms with Crippen LogP contribution in [0.5, 0.6) is 0 Å². The molecule has 2 heterocycles. The molecule has 1 saturated heterocycles. The van der Waals surface area contributed by atoms with Crippen molar-refractivity contribution >= 4 is 40.9 Å². The number of amidine groups is 1. The molecule has 0 aromatic heterocycles. The SMILES string of the molecule is CC(NC(=O)c1ccc(/C(N)=N/O)cc1)C(=O)N1CCC(O[C@H](NC(=O)C2=Nc3ccccc3C2CO)C(=O)O)CC1. The van der Waals surface area contributed by atoms with Crippen molar-refractivity contribution in [2.24, 2.45) is 15.9 Å². The second-order valence-electron chi connectivity index (χ2n) is 9.90. The third kappa shape index (κ3) is 6.72. The smallest absolute Gasteiger partial charge is 0.354 e. The molecule has 2 unspecified atom stereocenters. The van der Waals surface area contributed by atoms with Crippen LogP contribution in [-0.2, 0) is 19.1 Å². The molecule has 2 aromatic rings. The van der Waals surface area contributed by atoms with Gasteiger partial charge in [-0.15, -0.1) is 0 Å². The van der Waals surface area contributed by atoms with Gasteiger partial charge in [0.1, 0.15) is 11.8 Å². The number of carbonyl (C=O) groups excluding carboxylic acids is 3. The van der Waals surface area contributed by atoms with Crippen molar-refractivity contribution in [1.29, 1.82) is 0 Å². The summed E-state index contributed by atoms with van der Waals surface area (Å²) in [4.78, 5) is 56.2. The van der Waals surface area contributed by atoms with Gasteiger partial charge >= 0.3 is 5.97 Å². The van der Waals surface area contributed by atoms with E-state index in [-0.39, 0.29) is 42.7 Å². The first-order valence-electron chi connectivity index (χ1n) is 13.3. The molecule has 0 saturated carbocycles. The van der Waals surface area contributed by atoms with E-state index >= 15 is 0 Å². The Labute approximate surface area is 240 Å². The van der Waals surface area contributed by atoms with Crippen molar-refractivity contribution in [3.8, 4) is 0 Å². The average Bonchev–Trinajstić information content (AvgIpc) is 3.39. The fourth-order valence-corrected chi connectivity index (χ4v) is 4.85. The van der Waals surface area contributed by atoms with Crippen LogP contribution in [-0.4, -0.2) is 93.6 Å². The lowest BCUT2D eigenvalue weighted by Crippen LogP contribution is -2.52. The Hall–Kier alpha value is -4.82. The van der Waals surface area contributed by atoms with E-state index in [1.54, 1.807) is 36.1 Å². The monoisotopic (exact) mass is 580 g/mol. The second-order valence-corrected chi connectivity index (χ2v) is 9.90. The van der Waals surface area contributed by atoms with Gasteiger partial charge in [0.2, 0.25) is 12.1 Å². The number of nitrogens with two attached hydrogens (primary N) is 1. The lowest BCUT2D eigenvalue weighted by molar-refractivity contribution is -0.162. The van der Waals surface area contributed by atoms with Crippen molar-refractivity contribution in [3.05, 3.63) is 65.2 Å². The van der Waals surface area contributed by atoms with Crippen LogP contribution in [0.4, 0.5) is 5.69 Å². The van der Waals surface area contributed by atoms with Crippen molar-refractivity contribution in [1.82, 2.24) is 15.5 Å². The lowest BCUT2D eigenvalue weighted by Gasteiger charge is -2.34. The van der Waals surface area contributed by atoms with Crippen LogP contribution in [0.2, 0.25) is 0 Å². The van der Waals surface area contributed by atoms with E-state index in [0.29, 0.717) is 29.7 Å². The molecule has 2 aliphatic heterocycles. The molecule has 14 heteroatoms. The lowest BCUT2D eigenvalue weighted by atomic mass is 9.96. The van der Waals surface area contributed by atoms with Gasteiger partial charge in [0.05, 0.1) is 24.3 Å². The van der Waals surface area contributed by atoms with Gasteiger partial charge in [-0.3, -0.25) is 14.4 Å². The van der Waals surface area contributed by atoms with Gasteiger partial charge < -0.3 is 41.4 Å². The van der Waals surface area contributed by atoms with Crippen molar-refractivity contribution in [2.75, 3.05) is 19.7 Å². The number of nitrogens with zero attached hydrogens (tertiary/aromatic N) is 3. The van der Waals surface area contributed by atoms with Gasteiger partial charge in [-0.2, -0.15) is 0 Å². The fraction of sp³-hybridized carbons (Fsp3) is 0.357. The molecule has 2 aromatic carbocycles. The van der Waals surface area contributed by atoms with Crippen molar-refractivity contribution < 1.29 is 39.3 Å². The molecule has 0 radical (unpaired) electrons. The zero-order valence-corrected chi connectivity index (χ0v) is 22.8. The second kappa shape index (κ2) is 13.2. The van der Waals surface area contributed by atoms with E-state index in [1.165, 1.54) is 24.3 Å². The topological polar surface area (TPSA) is 216 Å². The minimum absolute atomic E-state index is 0.00378. The number of piperidine rings is 1. The number of fused-ring (bicyclic) bond motifs is 1. The van der Waals surface area contributed by atoms with Crippen molar-refractivity contribution in [3.63, 3.8) is 0 Å². The summed E-state index contributed by atoms with van der Waals surface area (Å²) in [6, 6.07) is 12.1. The predicted molar refractivity (Wildman–Crippen MR) is 149 cm³/mol. The van der Waals surface area contributed by atoms with E-state index in [4.69, 9.17) is 15.7 Å². The number of aliphatic imine (C=N–C) groups is 1. The van der Waals surface area contributed by atoms with Crippen LogP contribution in [0.15, 0.2) is 58.7 Å². The molecule has 14 nitrogen and oxygen atoms in total. The Balaban J connectivity index is 1.28. The third-order valence-corrected chi connectivity index (χ3v) is 7.14. The first-order chi connectivity index (χ1) is 20.1. The van der Waals surface area contributed by atoms with Gasteiger partial charge in [-0.05, 0) is 43.5 Å². The van der Waals surface area contributed by atoms with Crippen LogP contribution in [0.3, 0.4) is 0 Å². The summed E-state index contributed by atoms with van der Waals surface area (Å²) < 4.78 is 5.68. The number of hydrogen-bond acceptors (Lipinski definition) is 9. The molecule has 3 amide bonds. The van der Waals surface area contributed by atoms with E-state index < -0.39 is 42.1 Å². The Bertz CT molecular complexity index is 1400. The molecule has 0 bridgehead atoms. The summed E-state index contributed by atoms with van der Waals surface area (Å²) in [5.41, 5.74) is 7.46. The Kier molecular flexibility index (Phi) is 9.49.